The molecular weight excluding hydrogens is 844 g/mol. The summed E-state index contributed by atoms with van der Waals surface area (Å²) in [4.78, 5) is 0. The van der Waals surface area contributed by atoms with E-state index >= 15 is 0 Å². The van der Waals surface area contributed by atoms with Gasteiger partial charge in [-0.3, -0.25) is 0 Å². The number of unbranched alkanes of at least 4 members (excludes halogenated alkanes) is 4. The molecule has 0 aliphatic heterocycles. The number of aryl methyl sites for hydroxylation is 1. The number of hydrogen-bond acceptors (Lipinski definition) is 4. The monoisotopic (exact) mass is 908 g/mol. The third-order valence-corrected chi connectivity index (χ3v) is 10.7. The number of ether oxygens (including phenoxy) is 4. The van der Waals surface area contributed by atoms with E-state index in [1.165, 1.54) is 81.9 Å². The average Bonchev–Trinajstić information content (AvgIpc) is 3.15. The molecule has 4 rings (SSSR count). The van der Waals surface area contributed by atoms with Gasteiger partial charge in [-0.15, -0.1) is 0 Å². The molecule has 2 aliphatic carbocycles. The van der Waals surface area contributed by atoms with Crippen LogP contribution in [0.5, 0.6) is 23.0 Å². The molecule has 0 aromatic heterocycles. The van der Waals surface area contributed by atoms with Gasteiger partial charge in [0.2, 0.25) is 0 Å². The van der Waals surface area contributed by atoms with Crippen LogP contribution in [0.25, 0.3) is 0 Å². The summed E-state index contributed by atoms with van der Waals surface area (Å²) in [5.74, 6) is 5.04. The van der Waals surface area contributed by atoms with Gasteiger partial charge in [-0.05, 0) is 108 Å². The van der Waals surface area contributed by atoms with E-state index in [4.69, 9.17) is 18.9 Å². The summed E-state index contributed by atoms with van der Waals surface area (Å²) in [7, 11) is 6.95. The fourth-order valence-corrected chi connectivity index (χ4v) is 7.76. The van der Waals surface area contributed by atoms with Gasteiger partial charge in [0, 0.05) is 27.4 Å². The van der Waals surface area contributed by atoms with Gasteiger partial charge in [-0.25, -0.2) is 0 Å². The quantitative estimate of drug-likeness (QED) is 0.0622. The second-order valence-corrected chi connectivity index (χ2v) is 15.3. The van der Waals surface area contributed by atoms with Crippen molar-refractivity contribution < 1.29 is 35.3 Å². The SMILES string of the molecule is C=C([13CH3])[C@@H]1CCC(C)=C[C@H]1c1c(OC)cc(Br)cc1OC.C=C([13CH3])[C@@H]1CCC(C)=C[C@H]1c1c(OC)cc(CCCCC)cc1OC.[CH2-]CCCC.[Zn+][Br]. The van der Waals surface area contributed by atoms with Gasteiger partial charge in [0.25, 0.3) is 0 Å². The third kappa shape index (κ3) is 15.3. The van der Waals surface area contributed by atoms with Gasteiger partial charge in [0.15, 0.2) is 0 Å². The van der Waals surface area contributed by atoms with Crippen molar-refractivity contribution in [1.82, 2.24) is 0 Å². The molecule has 0 spiro atoms. The Morgan fingerprint density at radius 1 is 0.698 bits per heavy atom. The number of methoxy groups -OCH3 is 4. The molecule has 2 aliphatic rings. The van der Waals surface area contributed by atoms with Gasteiger partial charge < -0.3 is 25.9 Å². The Morgan fingerprint density at radius 3 is 1.38 bits per heavy atom. The van der Waals surface area contributed by atoms with E-state index in [0.717, 1.165) is 71.6 Å². The zero-order chi connectivity index (χ0) is 40.1. The first-order valence-electron chi connectivity index (χ1n) is 19.3. The van der Waals surface area contributed by atoms with E-state index in [1.807, 2.05) is 12.1 Å². The molecule has 0 amide bonds. The van der Waals surface area contributed by atoms with Crippen molar-refractivity contribution in [2.24, 2.45) is 11.8 Å². The standard InChI is InChI=1S/C23H34O2.C18H23BrO2.C5H11.BrH.Zn/c1-7-8-9-10-18-14-21(24-5)23(22(15-18)25-6)20-13-17(4)11-12-19(20)16(2)3;1-11(2)14-7-6-12(3)8-15(14)18-16(20-4)9-13(19)10-17(18)21-5;1-3-5-4-2;;/h13-15,19-20H,2,7-12H2,1,3-6H3;8-10,14-15H,1,6-7H2,2-5H3;1,3-5H2,2H3;1H;/q;;-1;;+2/p-1/t19-,20+;14-,15+;;;/m00.../s1/i3+1;2+1;;;. The van der Waals surface area contributed by atoms with Crippen LogP contribution in [0.1, 0.15) is 134 Å². The van der Waals surface area contributed by atoms with E-state index in [0.29, 0.717) is 11.8 Å². The molecule has 0 radical (unpaired) electrons. The molecule has 7 heteroatoms. The van der Waals surface area contributed by atoms with Crippen molar-refractivity contribution in [3.8, 4) is 23.0 Å². The molecule has 0 saturated carbocycles. The molecule has 2 aromatic carbocycles. The first kappa shape index (κ1) is 49.2. The normalized spacial score (nSPS) is 19.0. The number of allylic oxidation sites excluding steroid dienone is 6. The third-order valence-electron chi connectivity index (χ3n) is 10.2. The van der Waals surface area contributed by atoms with Crippen LogP contribution < -0.4 is 18.9 Å². The number of hydrogen-bond donors (Lipinski definition) is 0. The van der Waals surface area contributed by atoms with Gasteiger partial charge in [-0.1, -0.05) is 103 Å². The van der Waals surface area contributed by atoms with Crippen LogP contribution in [0.2, 0.25) is 0 Å². The molecule has 4 atom stereocenters. The molecule has 0 fully saturated rings. The Labute approximate surface area is 349 Å². The molecule has 292 valence electrons. The van der Waals surface area contributed by atoms with Gasteiger partial charge in [0.1, 0.15) is 23.0 Å². The molecular formula is C46H68Br2O4Zn. The second-order valence-electron chi connectivity index (χ2n) is 14.4. The van der Waals surface area contributed by atoms with E-state index in [2.05, 4.69) is 115 Å². The van der Waals surface area contributed by atoms with Crippen molar-refractivity contribution in [1.29, 1.82) is 0 Å². The molecule has 0 unspecified atom stereocenters. The summed E-state index contributed by atoms with van der Waals surface area (Å²) in [5.41, 5.74) is 8.92. The summed E-state index contributed by atoms with van der Waals surface area (Å²) in [5, 5.41) is 0. The topological polar surface area (TPSA) is 36.9 Å². The molecule has 2 aromatic rings. The van der Waals surface area contributed by atoms with E-state index < -0.39 is 0 Å². The predicted octanol–water partition coefficient (Wildman–Crippen LogP) is 14.8. The maximum absolute atomic E-state index is 5.81. The summed E-state index contributed by atoms with van der Waals surface area (Å²) >= 11 is 7.77. The second kappa shape index (κ2) is 26.9. The van der Waals surface area contributed by atoms with Crippen molar-refractivity contribution in [2.75, 3.05) is 28.4 Å². The first-order chi connectivity index (χ1) is 25.4. The van der Waals surface area contributed by atoms with Gasteiger partial charge in [0.05, 0.1) is 28.4 Å². The fraction of sp³-hybridized carbons (Fsp3) is 0.543. The van der Waals surface area contributed by atoms with Crippen LogP contribution in [0.4, 0.5) is 0 Å². The Morgan fingerprint density at radius 2 is 1.08 bits per heavy atom. The molecule has 4 nitrogen and oxygen atoms in total. The van der Waals surface area contributed by atoms with Crippen molar-refractivity contribution in [2.45, 2.75) is 124 Å². The molecule has 0 saturated heterocycles. The number of benzene rings is 2. The zero-order valence-corrected chi connectivity index (χ0v) is 40.9. The van der Waals surface area contributed by atoms with Crippen molar-refractivity contribution in [3.05, 3.63) is 100.0 Å². The van der Waals surface area contributed by atoms with Gasteiger partial charge in [-0.2, -0.15) is 6.42 Å². The van der Waals surface area contributed by atoms with E-state index in [9.17, 15) is 0 Å². The van der Waals surface area contributed by atoms with E-state index in [-0.39, 0.29) is 11.8 Å². The Balaban J connectivity index is 0.000000456. The van der Waals surface area contributed by atoms with Crippen LogP contribution in [-0.4, -0.2) is 28.4 Å². The van der Waals surface area contributed by atoms with Crippen LogP contribution in [0, 0.1) is 18.8 Å². The Bertz CT molecular complexity index is 1430. The van der Waals surface area contributed by atoms with Crippen LogP contribution in [0.15, 0.2) is 76.3 Å². The summed E-state index contributed by atoms with van der Waals surface area (Å²) in [6.45, 7) is 25.2. The summed E-state index contributed by atoms with van der Waals surface area (Å²) < 4.78 is 23.8. The minimum atomic E-state index is 0.259. The van der Waals surface area contributed by atoms with Crippen LogP contribution >= 0.6 is 29.6 Å². The van der Waals surface area contributed by atoms with Gasteiger partial charge >= 0.3 is 30.0 Å². The summed E-state index contributed by atoms with van der Waals surface area (Å²) in [6, 6.07) is 8.43. The number of halogens is 2. The first-order valence-corrected chi connectivity index (χ1v) is 27.0. The van der Waals surface area contributed by atoms with E-state index in [1.54, 1.807) is 28.4 Å². The minimum absolute atomic E-state index is 0.259. The van der Waals surface area contributed by atoms with Crippen LogP contribution in [-0.2, 0) is 22.8 Å². The Kier molecular flexibility index (Phi) is 25.0. The molecule has 0 heterocycles. The maximum atomic E-state index is 5.81. The number of rotatable bonds is 14. The predicted molar refractivity (Wildman–Crippen MR) is 232 cm³/mol. The molecule has 53 heavy (non-hydrogen) atoms. The van der Waals surface area contributed by atoms with Crippen molar-refractivity contribution >= 4 is 29.6 Å². The Hall–Kier alpha value is -1.82. The van der Waals surface area contributed by atoms with Crippen LogP contribution in [0.3, 0.4) is 0 Å². The average molecular weight is 912 g/mol. The molecule has 0 bridgehead atoms. The molecule has 0 N–H and O–H groups in total. The van der Waals surface area contributed by atoms with Crippen molar-refractivity contribution in [3.63, 3.8) is 0 Å². The fourth-order valence-electron chi connectivity index (χ4n) is 7.34. The summed E-state index contributed by atoms with van der Waals surface area (Å²) in [6.07, 6.45) is 17.7. The zero-order valence-electron chi connectivity index (χ0n) is 34.8.